The molecule has 0 bridgehead atoms. The van der Waals surface area contributed by atoms with E-state index in [-0.39, 0.29) is 17.9 Å². The van der Waals surface area contributed by atoms with E-state index in [4.69, 9.17) is 10.2 Å². The van der Waals surface area contributed by atoms with Crippen molar-refractivity contribution in [2.75, 3.05) is 13.1 Å². The molecule has 0 aliphatic heterocycles. The number of phenolic OH excluding ortho intramolecular Hbond substituents is 2. The molecule has 0 aliphatic rings. The van der Waals surface area contributed by atoms with Crippen LogP contribution in [-0.2, 0) is 11.2 Å². The van der Waals surface area contributed by atoms with Crippen LogP contribution in [0.15, 0.2) is 18.2 Å². The van der Waals surface area contributed by atoms with E-state index < -0.39 is 5.97 Å². The number of aliphatic carboxylic acids is 1. The van der Waals surface area contributed by atoms with Gasteiger partial charge in [-0.05, 0) is 30.7 Å². The van der Waals surface area contributed by atoms with Gasteiger partial charge < -0.3 is 20.6 Å². The molecular weight excluding hydrogens is 210 g/mol. The molecule has 0 aliphatic carbocycles. The van der Waals surface area contributed by atoms with Gasteiger partial charge in [0.25, 0.3) is 0 Å². The highest BCUT2D eigenvalue weighted by atomic mass is 16.4. The van der Waals surface area contributed by atoms with Crippen molar-refractivity contribution in [2.45, 2.75) is 12.8 Å². The zero-order valence-corrected chi connectivity index (χ0v) is 8.81. The topological polar surface area (TPSA) is 89.8 Å². The minimum absolute atomic E-state index is 0.0980. The molecule has 0 spiro atoms. The first kappa shape index (κ1) is 12.3. The molecule has 0 amide bonds. The maximum atomic E-state index is 10.2. The molecule has 0 fully saturated rings. The summed E-state index contributed by atoms with van der Waals surface area (Å²) in [5, 5.41) is 29.7. The van der Waals surface area contributed by atoms with Gasteiger partial charge in [-0.15, -0.1) is 0 Å². The number of carboxylic acids is 1. The molecule has 0 unspecified atom stereocenters. The summed E-state index contributed by atoms with van der Waals surface area (Å²) >= 11 is 0. The summed E-state index contributed by atoms with van der Waals surface area (Å²) in [5.41, 5.74) is 0.887. The van der Waals surface area contributed by atoms with E-state index in [1.807, 2.05) is 0 Å². The number of benzene rings is 1. The van der Waals surface area contributed by atoms with E-state index in [0.29, 0.717) is 19.5 Å². The Morgan fingerprint density at radius 3 is 2.56 bits per heavy atom. The highest BCUT2D eigenvalue weighted by Crippen LogP contribution is 2.24. The molecule has 1 rings (SSSR count). The minimum Gasteiger partial charge on any atom is -0.504 e. The van der Waals surface area contributed by atoms with Crippen LogP contribution in [0.3, 0.4) is 0 Å². The van der Waals surface area contributed by atoms with Crippen LogP contribution in [0.25, 0.3) is 0 Å². The van der Waals surface area contributed by atoms with Crippen LogP contribution in [0.2, 0.25) is 0 Å². The molecular formula is C11H15NO4. The van der Waals surface area contributed by atoms with Crippen molar-refractivity contribution in [3.63, 3.8) is 0 Å². The first-order valence-electron chi connectivity index (χ1n) is 5.03. The average molecular weight is 225 g/mol. The van der Waals surface area contributed by atoms with Crippen LogP contribution in [0.4, 0.5) is 0 Å². The predicted octanol–water partition coefficient (Wildman–Crippen LogP) is 0.705. The molecule has 0 radical (unpaired) electrons. The van der Waals surface area contributed by atoms with Gasteiger partial charge in [-0.25, -0.2) is 0 Å². The van der Waals surface area contributed by atoms with Gasteiger partial charge >= 0.3 is 5.97 Å². The molecule has 1 aromatic carbocycles. The SMILES string of the molecule is O=C(O)CCNCCc1ccc(O)c(O)c1. The van der Waals surface area contributed by atoms with Crippen LogP contribution in [-0.4, -0.2) is 34.4 Å². The van der Waals surface area contributed by atoms with Crippen LogP contribution in [0.5, 0.6) is 11.5 Å². The maximum Gasteiger partial charge on any atom is 0.304 e. The Morgan fingerprint density at radius 1 is 1.19 bits per heavy atom. The number of nitrogens with one attached hydrogen (secondary N) is 1. The standard InChI is InChI=1S/C11H15NO4/c13-9-2-1-8(7-10(9)14)3-5-12-6-4-11(15)16/h1-2,7,12-14H,3-6H2,(H,15,16). The van der Waals surface area contributed by atoms with Crippen molar-refractivity contribution in [2.24, 2.45) is 0 Å². The van der Waals surface area contributed by atoms with Crippen molar-refractivity contribution in [1.82, 2.24) is 5.32 Å². The van der Waals surface area contributed by atoms with E-state index in [0.717, 1.165) is 5.56 Å². The lowest BCUT2D eigenvalue weighted by atomic mass is 10.1. The Hall–Kier alpha value is -1.75. The Bertz CT molecular complexity index is 365. The van der Waals surface area contributed by atoms with E-state index in [1.54, 1.807) is 6.07 Å². The summed E-state index contributed by atoms with van der Waals surface area (Å²) in [6, 6.07) is 4.64. The predicted molar refractivity (Wildman–Crippen MR) is 58.6 cm³/mol. The van der Waals surface area contributed by atoms with Crippen molar-refractivity contribution in [3.8, 4) is 11.5 Å². The smallest absolute Gasteiger partial charge is 0.304 e. The molecule has 4 N–H and O–H groups in total. The van der Waals surface area contributed by atoms with Crippen LogP contribution >= 0.6 is 0 Å². The van der Waals surface area contributed by atoms with Gasteiger partial charge in [0.05, 0.1) is 6.42 Å². The third kappa shape index (κ3) is 4.18. The van der Waals surface area contributed by atoms with Gasteiger partial charge in [-0.2, -0.15) is 0 Å². The fourth-order valence-corrected chi connectivity index (χ4v) is 1.28. The highest BCUT2D eigenvalue weighted by Gasteiger charge is 2.00. The Labute approximate surface area is 93.4 Å². The molecule has 1 aromatic rings. The monoisotopic (exact) mass is 225 g/mol. The number of carbonyl (C=O) groups is 1. The van der Waals surface area contributed by atoms with Crippen LogP contribution < -0.4 is 5.32 Å². The molecule has 0 heterocycles. The second-order valence-corrected chi connectivity index (χ2v) is 3.47. The summed E-state index contributed by atoms with van der Waals surface area (Å²) in [5.74, 6) is -1.10. The second kappa shape index (κ2) is 5.97. The Morgan fingerprint density at radius 2 is 1.94 bits per heavy atom. The molecule has 0 atom stereocenters. The molecule has 16 heavy (non-hydrogen) atoms. The van der Waals surface area contributed by atoms with E-state index >= 15 is 0 Å². The number of rotatable bonds is 6. The lowest BCUT2D eigenvalue weighted by Crippen LogP contribution is -2.20. The van der Waals surface area contributed by atoms with Crippen LogP contribution in [0, 0.1) is 0 Å². The molecule has 88 valence electrons. The third-order valence-corrected chi connectivity index (χ3v) is 2.15. The number of hydrogen-bond acceptors (Lipinski definition) is 4. The Balaban J connectivity index is 2.27. The maximum absolute atomic E-state index is 10.2. The van der Waals surface area contributed by atoms with Crippen LogP contribution in [0.1, 0.15) is 12.0 Å². The normalized spacial score (nSPS) is 10.2. The van der Waals surface area contributed by atoms with Gasteiger partial charge in [0.15, 0.2) is 11.5 Å². The number of phenols is 2. The number of hydrogen-bond donors (Lipinski definition) is 4. The lowest BCUT2D eigenvalue weighted by molar-refractivity contribution is -0.136. The van der Waals surface area contributed by atoms with Gasteiger partial charge in [-0.1, -0.05) is 6.07 Å². The number of carboxylic acid groups (broad SMARTS) is 1. The Kier molecular flexibility index (Phi) is 4.60. The molecule has 5 nitrogen and oxygen atoms in total. The lowest BCUT2D eigenvalue weighted by Gasteiger charge is -2.04. The van der Waals surface area contributed by atoms with Gasteiger partial charge in [0.2, 0.25) is 0 Å². The average Bonchev–Trinajstić information content (AvgIpc) is 2.22. The van der Waals surface area contributed by atoms with Gasteiger partial charge in [-0.3, -0.25) is 4.79 Å². The largest absolute Gasteiger partial charge is 0.504 e. The van der Waals surface area contributed by atoms with Gasteiger partial charge in [0, 0.05) is 6.54 Å². The van der Waals surface area contributed by atoms with Crippen molar-refractivity contribution < 1.29 is 20.1 Å². The molecule has 0 aromatic heterocycles. The van der Waals surface area contributed by atoms with E-state index in [9.17, 15) is 9.90 Å². The second-order valence-electron chi connectivity index (χ2n) is 3.47. The third-order valence-electron chi connectivity index (χ3n) is 2.15. The molecule has 0 saturated carbocycles. The zero-order chi connectivity index (χ0) is 12.0. The zero-order valence-electron chi connectivity index (χ0n) is 8.81. The first-order valence-corrected chi connectivity index (χ1v) is 5.03. The van der Waals surface area contributed by atoms with Gasteiger partial charge in [0.1, 0.15) is 0 Å². The quantitative estimate of drug-likeness (QED) is 0.423. The number of aromatic hydroxyl groups is 2. The van der Waals surface area contributed by atoms with E-state index in [2.05, 4.69) is 5.32 Å². The highest BCUT2D eigenvalue weighted by molar-refractivity contribution is 5.66. The summed E-state index contributed by atoms with van der Waals surface area (Å²) in [4.78, 5) is 10.2. The van der Waals surface area contributed by atoms with E-state index in [1.165, 1.54) is 12.1 Å². The summed E-state index contributed by atoms with van der Waals surface area (Å²) < 4.78 is 0. The summed E-state index contributed by atoms with van der Waals surface area (Å²) in [6.45, 7) is 1.07. The fraction of sp³-hybridized carbons (Fsp3) is 0.364. The van der Waals surface area contributed by atoms with Crippen molar-refractivity contribution in [3.05, 3.63) is 23.8 Å². The van der Waals surface area contributed by atoms with Crippen molar-refractivity contribution >= 4 is 5.97 Å². The molecule has 5 heteroatoms. The fourth-order valence-electron chi connectivity index (χ4n) is 1.28. The summed E-state index contributed by atoms with van der Waals surface area (Å²) in [6.07, 6.45) is 0.772. The summed E-state index contributed by atoms with van der Waals surface area (Å²) in [7, 11) is 0. The first-order chi connectivity index (χ1) is 7.59. The van der Waals surface area contributed by atoms with Crippen molar-refractivity contribution in [1.29, 1.82) is 0 Å². The molecule has 0 saturated heterocycles. The minimum atomic E-state index is -0.824.